The van der Waals surface area contributed by atoms with Crippen LogP contribution in [0.4, 0.5) is 0 Å². The molecule has 1 aliphatic rings. The van der Waals surface area contributed by atoms with Crippen molar-refractivity contribution in [3.8, 4) is 0 Å². The van der Waals surface area contributed by atoms with E-state index in [-0.39, 0.29) is 0 Å². The van der Waals surface area contributed by atoms with Crippen molar-refractivity contribution in [3.63, 3.8) is 0 Å². The van der Waals surface area contributed by atoms with Gasteiger partial charge in [-0.15, -0.1) is 0 Å². The first-order valence-corrected chi connectivity index (χ1v) is 3.87. The molecule has 0 aromatic heterocycles. The maximum Gasteiger partial charge on any atom is 0.0190 e. The molecular weight excluding hydrogens is 112 g/mol. The second kappa shape index (κ2) is 3.85. The van der Waals surface area contributed by atoms with E-state index >= 15 is 0 Å². The van der Waals surface area contributed by atoms with Crippen LogP contribution in [0.3, 0.4) is 0 Å². The number of rotatable bonds is 1. The van der Waals surface area contributed by atoms with Gasteiger partial charge in [-0.25, -0.2) is 0 Å². The SMILES string of the molecule is NC[C@@H]1CCCCCN1. The zero-order valence-corrected chi connectivity index (χ0v) is 5.90. The van der Waals surface area contributed by atoms with E-state index in [4.69, 9.17) is 5.73 Å². The van der Waals surface area contributed by atoms with Gasteiger partial charge in [0.1, 0.15) is 0 Å². The normalized spacial score (nSPS) is 29.7. The molecule has 1 fully saturated rings. The molecule has 0 radical (unpaired) electrons. The molecule has 2 heteroatoms. The number of nitrogens with two attached hydrogens (primary N) is 1. The van der Waals surface area contributed by atoms with E-state index in [0.717, 1.165) is 6.54 Å². The summed E-state index contributed by atoms with van der Waals surface area (Å²) < 4.78 is 0. The Kier molecular flexibility index (Phi) is 3.01. The van der Waals surface area contributed by atoms with Gasteiger partial charge >= 0.3 is 0 Å². The van der Waals surface area contributed by atoms with Gasteiger partial charge in [0.25, 0.3) is 0 Å². The van der Waals surface area contributed by atoms with E-state index in [1.807, 2.05) is 0 Å². The van der Waals surface area contributed by atoms with Crippen LogP contribution in [0.15, 0.2) is 0 Å². The lowest BCUT2D eigenvalue weighted by molar-refractivity contribution is 0.519. The van der Waals surface area contributed by atoms with E-state index in [9.17, 15) is 0 Å². The Morgan fingerprint density at radius 2 is 2.22 bits per heavy atom. The quantitative estimate of drug-likeness (QED) is 0.539. The highest BCUT2D eigenvalue weighted by Gasteiger charge is 2.07. The van der Waals surface area contributed by atoms with Crippen LogP contribution < -0.4 is 11.1 Å². The molecule has 2 nitrogen and oxygen atoms in total. The largest absolute Gasteiger partial charge is 0.329 e. The Morgan fingerprint density at radius 3 is 3.00 bits per heavy atom. The van der Waals surface area contributed by atoms with Crippen molar-refractivity contribution in [1.82, 2.24) is 5.32 Å². The Morgan fingerprint density at radius 1 is 1.33 bits per heavy atom. The molecule has 0 saturated carbocycles. The zero-order valence-electron chi connectivity index (χ0n) is 5.90. The lowest BCUT2D eigenvalue weighted by atomic mass is 10.1. The smallest absolute Gasteiger partial charge is 0.0190 e. The second-order valence-electron chi connectivity index (χ2n) is 2.74. The highest BCUT2D eigenvalue weighted by atomic mass is 14.9. The van der Waals surface area contributed by atoms with E-state index in [1.165, 1.54) is 32.2 Å². The van der Waals surface area contributed by atoms with Crippen LogP contribution in [-0.2, 0) is 0 Å². The third-order valence-corrected chi connectivity index (χ3v) is 1.95. The third kappa shape index (κ3) is 2.33. The van der Waals surface area contributed by atoms with E-state index < -0.39 is 0 Å². The average Bonchev–Trinajstić information content (AvgIpc) is 2.13. The molecule has 3 N–H and O–H groups in total. The standard InChI is InChI=1S/C7H16N2/c8-6-7-4-2-1-3-5-9-7/h7,9H,1-6,8H2/t7-/m0/s1. The summed E-state index contributed by atoms with van der Waals surface area (Å²) in [6, 6.07) is 0.604. The topological polar surface area (TPSA) is 38.0 Å². The average molecular weight is 128 g/mol. The molecule has 9 heavy (non-hydrogen) atoms. The summed E-state index contributed by atoms with van der Waals surface area (Å²) in [5.74, 6) is 0. The molecular formula is C7H16N2. The van der Waals surface area contributed by atoms with Crippen molar-refractivity contribution in [2.24, 2.45) is 5.73 Å². The van der Waals surface area contributed by atoms with Gasteiger partial charge in [0.05, 0.1) is 0 Å². The van der Waals surface area contributed by atoms with Gasteiger partial charge in [0.2, 0.25) is 0 Å². The summed E-state index contributed by atoms with van der Waals surface area (Å²) in [6.45, 7) is 1.97. The first-order chi connectivity index (χ1) is 4.43. The van der Waals surface area contributed by atoms with E-state index in [2.05, 4.69) is 5.32 Å². The molecule has 0 bridgehead atoms. The summed E-state index contributed by atoms with van der Waals surface area (Å²) >= 11 is 0. The van der Waals surface area contributed by atoms with Crippen LogP contribution in [0.2, 0.25) is 0 Å². The highest BCUT2D eigenvalue weighted by molar-refractivity contribution is 4.70. The Bertz CT molecular complexity index is 65.3. The fourth-order valence-electron chi connectivity index (χ4n) is 1.30. The first kappa shape index (κ1) is 7.03. The molecule has 0 spiro atoms. The van der Waals surface area contributed by atoms with Gasteiger partial charge in [0.15, 0.2) is 0 Å². The summed E-state index contributed by atoms with van der Waals surface area (Å²) in [5.41, 5.74) is 5.51. The van der Waals surface area contributed by atoms with Gasteiger partial charge in [-0.2, -0.15) is 0 Å². The molecule has 1 atom stereocenters. The summed E-state index contributed by atoms with van der Waals surface area (Å²) in [5, 5.41) is 3.41. The molecule has 0 aromatic carbocycles. The van der Waals surface area contributed by atoms with Crippen molar-refractivity contribution >= 4 is 0 Å². The molecule has 54 valence electrons. The van der Waals surface area contributed by atoms with Gasteiger partial charge in [-0.3, -0.25) is 0 Å². The number of hydrogen-bond acceptors (Lipinski definition) is 2. The maximum atomic E-state index is 5.51. The fourth-order valence-corrected chi connectivity index (χ4v) is 1.30. The number of nitrogens with one attached hydrogen (secondary N) is 1. The molecule has 1 aliphatic heterocycles. The molecule has 0 aromatic rings. The van der Waals surface area contributed by atoms with Crippen molar-refractivity contribution in [2.45, 2.75) is 31.7 Å². The van der Waals surface area contributed by atoms with Crippen molar-refractivity contribution in [3.05, 3.63) is 0 Å². The van der Waals surface area contributed by atoms with Gasteiger partial charge in [0, 0.05) is 12.6 Å². The zero-order chi connectivity index (χ0) is 6.53. The van der Waals surface area contributed by atoms with Crippen molar-refractivity contribution < 1.29 is 0 Å². The van der Waals surface area contributed by atoms with Crippen LogP contribution in [0.1, 0.15) is 25.7 Å². The fraction of sp³-hybridized carbons (Fsp3) is 1.00. The van der Waals surface area contributed by atoms with Crippen LogP contribution in [0.5, 0.6) is 0 Å². The summed E-state index contributed by atoms with van der Waals surface area (Å²) in [6.07, 6.45) is 5.34. The van der Waals surface area contributed by atoms with Crippen molar-refractivity contribution in [2.75, 3.05) is 13.1 Å². The van der Waals surface area contributed by atoms with Gasteiger partial charge in [-0.1, -0.05) is 12.8 Å². The Hall–Kier alpha value is -0.0800. The summed E-state index contributed by atoms with van der Waals surface area (Å²) in [7, 11) is 0. The van der Waals surface area contributed by atoms with Gasteiger partial charge in [-0.05, 0) is 19.4 Å². The van der Waals surface area contributed by atoms with E-state index in [1.54, 1.807) is 0 Å². The van der Waals surface area contributed by atoms with Crippen LogP contribution in [0, 0.1) is 0 Å². The maximum absolute atomic E-state index is 5.51. The summed E-state index contributed by atoms with van der Waals surface area (Å²) in [4.78, 5) is 0. The minimum Gasteiger partial charge on any atom is -0.329 e. The van der Waals surface area contributed by atoms with E-state index in [0.29, 0.717) is 6.04 Å². The minimum atomic E-state index is 0.604. The lowest BCUT2D eigenvalue weighted by Gasteiger charge is -2.11. The minimum absolute atomic E-state index is 0.604. The predicted octanol–water partition coefficient (Wildman–Crippen LogP) is 0.477. The molecule has 1 saturated heterocycles. The Balaban J connectivity index is 2.18. The molecule has 0 amide bonds. The third-order valence-electron chi connectivity index (χ3n) is 1.95. The number of hydrogen-bond donors (Lipinski definition) is 2. The Labute approximate surface area is 56.8 Å². The molecule has 0 aliphatic carbocycles. The first-order valence-electron chi connectivity index (χ1n) is 3.87. The second-order valence-corrected chi connectivity index (χ2v) is 2.74. The van der Waals surface area contributed by atoms with Crippen LogP contribution in [-0.4, -0.2) is 19.1 Å². The molecule has 1 heterocycles. The lowest BCUT2D eigenvalue weighted by Crippen LogP contribution is -2.35. The monoisotopic (exact) mass is 128 g/mol. The van der Waals surface area contributed by atoms with Crippen molar-refractivity contribution in [1.29, 1.82) is 0 Å². The molecule has 1 rings (SSSR count). The van der Waals surface area contributed by atoms with Crippen LogP contribution in [0.25, 0.3) is 0 Å². The van der Waals surface area contributed by atoms with Gasteiger partial charge < -0.3 is 11.1 Å². The van der Waals surface area contributed by atoms with Crippen LogP contribution >= 0.6 is 0 Å². The highest BCUT2D eigenvalue weighted by Crippen LogP contribution is 2.06. The molecule has 0 unspecified atom stereocenters. The predicted molar refractivity (Wildman–Crippen MR) is 39.3 cm³/mol.